The van der Waals surface area contributed by atoms with Crippen LogP contribution in [0, 0.1) is 18.3 Å². The lowest BCUT2D eigenvalue weighted by Crippen LogP contribution is -2.55. The van der Waals surface area contributed by atoms with Crippen molar-refractivity contribution >= 4 is 15.9 Å². The zero-order valence-corrected chi connectivity index (χ0v) is 15.8. The molecule has 3 nitrogen and oxygen atoms in total. The Bertz CT molecular complexity index is 501. The molecule has 21 heavy (non-hydrogen) atoms. The molecule has 1 saturated carbocycles. The van der Waals surface area contributed by atoms with E-state index in [0.717, 1.165) is 29.6 Å². The van der Waals surface area contributed by atoms with Gasteiger partial charge in [0.2, 0.25) is 0 Å². The van der Waals surface area contributed by atoms with Crippen molar-refractivity contribution in [2.75, 3.05) is 0 Å². The van der Waals surface area contributed by atoms with Gasteiger partial charge in [0.05, 0.1) is 15.9 Å². The van der Waals surface area contributed by atoms with Crippen LogP contribution in [-0.2, 0) is 13.0 Å². The Morgan fingerprint density at radius 1 is 1.38 bits per heavy atom. The maximum absolute atomic E-state index is 6.96. The van der Waals surface area contributed by atoms with E-state index in [2.05, 4.69) is 60.3 Å². The van der Waals surface area contributed by atoms with E-state index in [0.29, 0.717) is 5.92 Å². The molecule has 1 heterocycles. The second-order valence-electron chi connectivity index (χ2n) is 7.74. The Labute approximate surface area is 137 Å². The largest absolute Gasteiger partial charge is 0.324 e. The highest BCUT2D eigenvalue weighted by molar-refractivity contribution is 9.10. The summed E-state index contributed by atoms with van der Waals surface area (Å²) in [5.41, 5.74) is 9.45. The van der Waals surface area contributed by atoms with Gasteiger partial charge in [-0.25, -0.2) is 0 Å². The Morgan fingerprint density at radius 2 is 2.05 bits per heavy atom. The fourth-order valence-corrected chi connectivity index (χ4v) is 4.55. The number of hydrogen-bond acceptors (Lipinski definition) is 2. The molecule has 1 fully saturated rings. The van der Waals surface area contributed by atoms with Gasteiger partial charge in [-0.3, -0.25) is 4.68 Å². The van der Waals surface area contributed by atoms with E-state index in [4.69, 9.17) is 5.73 Å². The van der Waals surface area contributed by atoms with Crippen molar-refractivity contribution in [1.29, 1.82) is 0 Å². The monoisotopic (exact) mass is 355 g/mol. The number of nitrogens with two attached hydrogens (primary N) is 1. The van der Waals surface area contributed by atoms with Gasteiger partial charge in [0.1, 0.15) is 0 Å². The van der Waals surface area contributed by atoms with Gasteiger partial charge in [-0.05, 0) is 54.0 Å². The fourth-order valence-electron chi connectivity index (χ4n) is 4.12. The van der Waals surface area contributed by atoms with E-state index in [1.165, 1.54) is 25.0 Å². The number of halogens is 1. The molecule has 0 radical (unpaired) electrons. The highest BCUT2D eigenvalue weighted by atomic mass is 79.9. The van der Waals surface area contributed by atoms with Gasteiger partial charge in [-0.1, -0.05) is 33.6 Å². The van der Waals surface area contributed by atoms with E-state index in [1.807, 2.05) is 0 Å². The molecule has 0 aromatic carbocycles. The van der Waals surface area contributed by atoms with Crippen molar-refractivity contribution in [1.82, 2.24) is 9.78 Å². The third kappa shape index (κ3) is 3.37. The van der Waals surface area contributed by atoms with Crippen LogP contribution in [0.15, 0.2) is 4.47 Å². The van der Waals surface area contributed by atoms with Gasteiger partial charge < -0.3 is 5.73 Å². The van der Waals surface area contributed by atoms with Crippen LogP contribution in [-0.4, -0.2) is 15.3 Å². The molecule has 1 aliphatic rings. The molecule has 2 unspecified atom stereocenters. The van der Waals surface area contributed by atoms with Crippen LogP contribution in [0.1, 0.15) is 64.8 Å². The molecule has 0 saturated heterocycles. The highest BCUT2D eigenvalue weighted by Crippen LogP contribution is 2.45. The molecule has 0 spiro atoms. The summed E-state index contributed by atoms with van der Waals surface area (Å²) >= 11 is 3.72. The Hall–Kier alpha value is -0.350. The summed E-state index contributed by atoms with van der Waals surface area (Å²) in [4.78, 5) is 0. The molecule has 1 aromatic rings. The Balaban J connectivity index is 2.35. The Kier molecular flexibility index (Phi) is 4.89. The van der Waals surface area contributed by atoms with E-state index in [9.17, 15) is 0 Å². The molecule has 0 amide bonds. The van der Waals surface area contributed by atoms with Gasteiger partial charge >= 0.3 is 0 Å². The van der Waals surface area contributed by atoms with Gasteiger partial charge in [-0.15, -0.1) is 0 Å². The minimum atomic E-state index is -0.113. The minimum absolute atomic E-state index is 0.113. The maximum atomic E-state index is 6.96. The molecule has 2 N–H and O–H groups in total. The van der Waals surface area contributed by atoms with Crippen LogP contribution in [0.5, 0.6) is 0 Å². The highest BCUT2D eigenvalue weighted by Gasteiger charge is 2.44. The molecule has 4 heteroatoms. The summed E-state index contributed by atoms with van der Waals surface area (Å²) in [5, 5.41) is 4.63. The first-order valence-corrected chi connectivity index (χ1v) is 8.99. The number of aryl methyl sites for hydroxylation is 2. The topological polar surface area (TPSA) is 43.8 Å². The predicted octanol–water partition coefficient (Wildman–Crippen LogP) is 4.45. The molecule has 2 atom stereocenters. The zero-order chi connectivity index (χ0) is 15.8. The number of nitrogens with zero attached hydrogens (tertiary/aromatic N) is 2. The van der Waals surface area contributed by atoms with Crippen LogP contribution < -0.4 is 5.73 Å². The smallest absolute Gasteiger partial charge is 0.0738 e. The van der Waals surface area contributed by atoms with Crippen LogP contribution in [0.25, 0.3) is 0 Å². The van der Waals surface area contributed by atoms with Gasteiger partial charge in [0.25, 0.3) is 0 Å². The van der Waals surface area contributed by atoms with E-state index >= 15 is 0 Å². The third-order valence-corrected chi connectivity index (χ3v) is 6.11. The van der Waals surface area contributed by atoms with Crippen molar-refractivity contribution < 1.29 is 0 Å². The summed E-state index contributed by atoms with van der Waals surface area (Å²) in [6.07, 6.45) is 5.85. The minimum Gasteiger partial charge on any atom is -0.324 e. The Morgan fingerprint density at radius 3 is 2.62 bits per heavy atom. The summed E-state index contributed by atoms with van der Waals surface area (Å²) in [6.45, 7) is 12.1. The average Bonchev–Trinajstić information content (AvgIpc) is 2.65. The quantitative estimate of drug-likeness (QED) is 0.870. The van der Waals surface area contributed by atoms with Crippen molar-refractivity contribution in [3.63, 3.8) is 0 Å². The molecule has 1 aromatic heterocycles. The second-order valence-corrected chi connectivity index (χ2v) is 8.53. The first-order chi connectivity index (χ1) is 9.69. The van der Waals surface area contributed by atoms with Crippen molar-refractivity contribution in [2.24, 2.45) is 17.1 Å². The molecule has 0 bridgehead atoms. The lowest BCUT2D eigenvalue weighted by molar-refractivity contribution is 0.0777. The van der Waals surface area contributed by atoms with Crippen molar-refractivity contribution in [3.05, 3.63) is 15.9 Å². The van der Waals surface area contributed by atoms with Crippen LogP contribution in [0.2, 0.25) is 0 Å². The lowest BCUT2D eigenvalue weighted by Gasteiger charge is -2.48. The summed E-state index contributed by atoms with van der Waals surface area (Å²) in [6, 6.07) is 0. The molecule has 1 aliphatic carbocycles. The van der Waals surface area contributed by atoms with Crippen molar-refractivity contribution in [2.45, 2.75) is 78.8 Å². The summed E-state index contributed by atoms with van der Waals surface area (Å²) in [7, 11) is 0. The van der Waals surface area contributed by atoms with E-state index in [1.54, 1.807) is 0 Å². The molecule has 2 rings (SSSR count). The van der Waals surface area contributed by atoms with Crippen molar-refractivity contribution in [3.8, 4) is 0 Å². The molecular weight excluding hydrogens is 326 g/mol. The van der Waals surface area contributed by atoms with E-state index < -0.39 is 0 Å². The number of hydrogen-bond donors (Lipinski definition) is 1. The molecule has 120 valence electrons. The standard InChI is InChI=1S/C17H30BrN3/c1-6-21-13(15(18)12(2)20-21)11-17(19)10-8-7-9-14(17)16(3,4)5/h14H,6-11,19H2,1-5H3. The van der Waals surface area contributed by atoms with Gasteiger partial charge in [0, 0.05) is 18.5 Å². The first kappa shape index (κ1) is 17.0. The first-order valence-electron chi connectivity index (χ1n) is 8.19. The lowest BCUT2D eigenvalue weighted by atomic mass is 9.61. The predicted molar refractivity (Wildman–Crippen MR) is 92.4 cm³/mol. The van der Waals surface area contributed by atoms with Crippen LogP contribution >= 0.6 is 15.9 Å². The third-order valence-electron chi connectivity index (χ3n) is 5.07. The van der Waals surface area contributed by atoms with Gasteiger partial charge in [0.15, 0.2) is 0 Å². The number of rotatable bonds is 3. The van der Waals surface area contributed by atoms with Crippen LogP contribution in [0.4, 0.5) is 0 Å². The normalized spacial score (nSPS) is 27.1. The molecule has 0 aliphatic heterocycles. The zero-order valence-electron chi connectivity index (χ0n) is 14.2. The van der Waals surface area contributed by atoms with E-state index in [-0.39, 0.29) is 11.0 Å². The summed E-state index contributed by atoms with van der Waals surface area (Å²) < 4.78 is 3.26. The summed E-state index contributed by atoms with van der Waals surface area (Å²) in [5.74, 6) is 0.561. The average molecular weight is 356 g/mol. The number of aromatic nitrogens is 2. The van der Waals surface area contributed by atoms with Crippen LogP contribution in [0.3, 0.4) is 0 Å². The fraction of sp³-hybridized carbons (Fsp3) is 0.824. The maximum Gasteiger partial charge on any atom is 0.0738 e. The van der Waals surface area contributed by atoms with Gasteiger partial charge in [-0.2, -0.15) is 5.10 Å². The molecular formula is C17H30BrN3. The SMILES string of the molecule is CCn1nc(C)c(Br)c1CC1(N)CCCCC1C(C)(C)C. The second kappa shape index (κ2) is 6.04.